The molecular weight excluding hydrogens is 336 g/mol. The molecule has 3 rings (SSSR count). The maximum atomic E-state index is 14.0. The van der Waals surface area contributed by atoms with E-state index >= 15 is 0 Å². The third kappa shape index (κ3) is 3.08. The summed E-state index contributed by atoms with van der Waals surface area (Å²) in [5, 5.41) is 12.7. The second-order valence-corrected chi connectivity index (χ2v) is 5.05. The molecule has 0 fully saturated rings. The molecule has 0 bridgehead atoms. The molecular formula is C18H10F4N2O. The van der Waals surface area contributed by atoms with Crippen LogP contribution in [0.2, 0.25) is 0 Å². The average Bonchev–Trinajstić information content (AvgIpc) is 2.62. The van der Waals surface area contributed by atoms with Gasteiger partial charge in [-0.1, -0.05) is 36.4 Å². The summed E-state index contributed by atoms with van der Waals surface area (Å²) in [5.41, 5.74) is -0.919. The summed E-state index contributed by atoms with van der Waals surface area (Å²) in [6.45, 7) is 0. The molecule has 0 atom stereocenters. The molecule has 3 nitrogen and oxygen atoms in total. The molecule has 0 saturated heterocycles. The summed E-state index contributed by atoms with van der Waals surface area (Å²) in [4.78, 5) is 2.46. The van der Waals surface area contributed by atoms with E-state index in [1.54, 1.807) is 36.4 Å². The Hall–Kier alpha value is -3.22. The van der Waals surface area contributed by atoms with Gasteiger partial charge in [0.05, 0.1) is 0 Å². The summed E-state index contributed by atoms with van der Waals surface area (Å²) in [6, 6.07) is 16.0. The first kappa shape index (κ1) is 16.6. The van der Waals surface area contributed by atoms with Crippen LogP contribution in [0, 0.1) is 28.7 Å². The Labute approximate surface area is 140 Å². The maximum Gasteiger partial charge on any atom is 0.298 e. The number of hydrogen-bond donors (Lipinski definition) is 0. The molecule has 0 saturated carbocycles. The third-order valence-electron chi connectivity index (χ3n) is 3.48. The van der Waals surface area contributed by atoms with E-state index in [1.807, 2.05) is 0 Å². The Kier molecular flexibility index (Phi) is 4.47. The largest absolute Gasteiger partial charge is 0.618 e. The molecule has 25 heavy (non-hydrogen) atoms. The van der Waals surface area contributed by atoms with Crippen LogP contribution in [0.5, 0.6) is 0 Å². The molecule has 0 N–H and O–H groups in total. The zero-order valence-electron chi connectivity index (χ0n) is 12.6. The van der Waals surface area contributed by atoms with Crippen LogP contribution in [-0.4, -0.2) is 15.4 Å². The maximum absolute atomic E-state index is 14.0. The molecule has 0 aliphatic rings. The van der Waals surface area contributed by atoms with Crippen molar-refractivity contribution in [1.82, 2.24) is 4.98 Å². The topological polar surface area (TPSA) is 39.0 Å². The highest BCUT2D eigenvalue weighted by Gasteiger charge is 2.30. The second-order valence-electron chi connectivity index (χ2n) is 5.05. The predicted molar refractivity (Wildman–Crippen MR) is 83.5 cm³/mol. The van der Waals surface area contributed by atoms with Gasteiger partial charge in [0.25, 0.3) is 29.2 Å². The Bertz CT molecular complexity index is 877. The van der Waals surface area contributed by atoms with Gasteiger partial charge in [-0.2, -0.15) is 27.3 Å². The van der Waals surface area contributed by atoms with Crippen molar-refractivity contribution in [3.63, 3.8) is 0 Å². The van der Waals surface area contributed by atoms with E-state index in [0.717, 1.165) is 0 Å². The Morgan fingerprint density at radius 2 is 1.12 bits per heavy atom. The minimum Gasteiger partial charge on any atom is -0.618 e. The quantitative estimate of drug-likeness (QED) is 0.177. The molecule has 1 aromatic heterocycles. The van der Waals surface area contributed by atoms with Gasteiger partial charge in [-0.3, -0.25) is 0 Å². The second kappa shape index (κ2) is 6.72. The highest BCUT2D eigenvalue weighted by atomic mass is 19.2. The average molecular weight is 346 g/mol. The molecule has 7 heteroatoms. The van der Waals surface area contributed by atoms with Crippen molar-refractivity contribution >= 4 is 11.4 Å². The summed E-state index contributed by atoms with van der Waals surface area (Å²) in [6.07, 6.45) is 0. The Balaban J connectivity index is 2.37. The zero-order chi connectivity index (χ0) is 18.0. The smallest absolute Gasteiger partial charge is 0.298 e. The molecule has 0 aliphatic heterocycles. The predicted octanol–water partition coefficient (Wildman–Crippen LogP) is 4.32. The summed E-state index contributed by atoms with van der Waals surface area (Å²) in [5.74, 6) is -7.51. The van der Waals surface area contributed by atoms with Gasteiger partial charge < -0.3 is 5.21 Å². The number of nitrogens with zero attached hydrogens (tertiary/aromatic N) is 2. The standard InChI is InChI=1S/C18H10F4N2O/c19-13-16(14(20)18(22)23-17(13)21)24(25)15(11-7-3-1-4-8-11)12-9-5-2-6-10-12/h1-10H. The summed E-state index contributed by atoms with van der Waals surface area (Å²) >= 11 is 0. The molecule has 0 spiro atoms. The lowest BCUT2D eigenvalue weighted by Gasteiger charge is -2.12. The Morgan fingerprint density at radius 3 is 1.52 bits per heavy atom. The van der Waals surface area contributed by atoms with Crippen LogP contribution in [0.25, 0.3) is 0 Å². The van der Waals surface area contributed by atoms with Crippen LogP contribution in [0.15, 0.2) is 60.7 Å². The van der Waals surface area contributed by atoms with E-state index in [0.29, 0.717) is 11.1 Å². The number of pyridine rings is 1. The van der Waals surface area contributed by atoms with Crippen molar-refractivity contribution in [2.24, 2.45) is 0 Å². The minimum atomic E-state index is -1.89. The minimum absolute atomic E-state index is 0.163. The number of rotatable bonds is 3. The first-order chi connectivity index (χ1) is 12.0. The van der Waals surface area contributed by atoms with E-state index in [9.17, 15) is 22.8 Å². The normalized spacial score (nSPS) is 10.6. The van der Waals surface area contributed by atoms with Crippen molar-refractivity contribution in [3.05, 3.63) is 101 Å². The van der Waals surface area contributed by atoms with Crippen LogP contribution in [-0.2, 0) is 0 Å². The van der Waals surface area contributed by atoms with Crippen molar-refractivity contribution in [3.8, 4) is 0 Å². The van der Waals surface area contributed by atoms with Crippen LogP contribution >= 0.6 is 0 Å². The first-order valence-corrected chi connectivity index (χ1v) is 7.15. The van der Waals surface area contributed by atoms with Crippen LogP contribution in [0.1, 0.15) is 11.1 Å². The van der Waals surface area contributed by atoms with Crippen molar-refractivity contribution in [1.29, 1.82) is 0 Å². The number of halogens is 4. The van der Waals surface area contributed by atoms with E-state index in [-0.39, 0.29) is 10.5 Å². The molecule has 0 radical (unpaired) electrons. The Morgan fingerprint density at radius 1 is 0.720 bits per heavy atom. The molecule has 2 aromatic carbocycles. The number of aromatic nitrogens is 1. The highest BCUT2D eigenvalue weighted by molar-refractivity contribution is 6.10. The van der Waals surface area contributed by atoms with Gasteiger partial charge in [0, 0.05) is 11.1 Å². The fourth-order valence-corrected chi connectivity index (χ4v) is 2.36. The molecule has 0 aliphatic carbocycles. The fourth-order valence-electron chi connectivity index (χ4n) is 2.36. The highest BCUT2D eigenvalue weighted by Crippen LogP contribution is 2.26. The van der Waals surface area contributed by atoms with E-state index in [2.05, 4.69) is 4.98 Å². The van der Waals surface area contributed by atoms with Gasteiger partial charge in [0.2, 0.25) is 5.71 Å². The van der Waals surface area contributed by atoms with E-state index < -0.39 is 29.2 Å². The molecule has 0 amide bonds. The van der Waals surface area contributed by atoms with Gasteiger partial charge >= 0.3 is 0 Å². The molecule has 126 valence electrons. The van der Waals surface area contributed by atoms with Crippen LogP contribution < -0.4 is 0 Å². The number of hydrogen-bond acceptors (Lipinski definition) is 2. The van der Waals surface area contributed by atoms with Gasteiger partial charge in [0.1, 0.15) is 0 Å². The van der Waals surface area contributed by atoms with Gasteiger partial charge in [-0.05, 0) is 24.3 Å². The molecule has 3 aromatic rings. The monoisotopic (exact) mass is 346 g/mol. The molecule has 0 unspecified atom stereocenters. The fraction of sp³-hybridized carbons (Fsp3) is 0. The van der Waals surface area contributed by atoms with Crippen LogP contribution in [0.4, 0.5) is 23.2 Å². The summed E-state index contributed by atoms with van der Waals surface area (Å²) in [7, 11) is 0. The van der Waals surface area contributed by atoms with E-state index in [4.69, 9.17) is 0 Å². The van der Waals surface area contributed by atoms with Crippen molar-refractivity contribution < 1.29 is 22.3 Å². The third-order valence-corrected chi connectivity index (χ3v) is 3.48. The lowest BCUT2D eigenvalue weighted by Crippen LogP contribution is -2.18. The molecule has 1 heterocycles. The van der Waals surface area contributed by atoms with Crippen molar-refractivity contribution in [2.45, 2.75) is 0 Å². The first-order valence-electron chi connectivity index (χ1n) is 7.15. The van der Waals surface area contributed by atoms with Gasteiger partial charge in [-0.25, -0.2) is 0 Å². The zero-order valence-corrected chi connectivity index (χ0v) is 12.6. The number of benzene rings is 2. The van der Waals surface area contributed by atoms with Gasteiger partial charge in [-0.15, -0.1) is 0 Å². The van der Waals surface area contributed by atoms with Crippen molar-refractivity contribution in [2.75, 3.05) is 0 Å². The lowest BCUT2D eigenvalue weighted by molar-refractivity contribution is -0.365. The summed E-state index contributed by atoms with van der Waals surface area (Å²) < 4.78 is 54.6. The van der Waals surface area contributed by atoms with E-state index in [1.165, 1.54) is 24.3 Å². The van der Waals surface area contributed by atoms with Crippen LogP contribution in [0.3, 0.4) is 0 Å². The van der Waals surface area contributed by atoms with Gasteiger partial charge in [0.15, 0.2) is 0 Å². The lowest BCUT2D eigenvalue weighted by atomic mass is 10.0. The SMILES string of the molecule is [O-][N+](=C(c1ccccc1)c1ccccc1)c1c(F)c(F)nc(F)c1F.